The van der Waals surface area contributed by atoms with E-state index < -0.39 is 0 Å². The summed E-state index contributed by atoms with van der Waals surface area (Å²) in [5.74, 6) is 0.934. The van der Waals surface area contributed by atoms with E-state index in [0.29, 0.717) is 5.41 Å². The highest BCUT2D eigenvalue weighted by Crippen LogP contribution is 2.38. The lowest BCUT2D eigenvalue weighted by Gasteiger charge is -2.27. The minimum absolute atomic E-state index is 0.0302. The van der Waals surface area contributed by atoms with Crippen LogP contribution in [0, 0.1) is 10.8 Å². The van der Waals surface area contributed by atoms with Gasteiger partial charge in [-0.3, -0.25) is 0 Å². The first-order chi connectivity index (χ1) is 13.1. The molecule has 0 bridgehead atoms. The van der Waals surface area contributed by atoms with E-state index in [1.807, 2.05) is 0 Å². The second-order valence-electron chi connectivity index (χ2n) is 10.3. The van der Waals surface area contributed by atoms with Crippen molar-refractivity contribution in [3.8, 4) is 5.88 Å². The Hall–Kier alpha value is -2.22. The highest BCUT2D eigenvalue weighted by molar-refractivity contribution is 5.85. The molecule has 28 heavy (non-hydrogen) atoms. The fourth-order valence-corrected chi connectivity index (χ4v) is 3.62. The third-order valence-corrected chi connectivity index (χ3v) is 5.13. The molecule has 1 atom stereocenters. The van der Waals surface area contributed by atoms with Crippen LogP contribution in [0.3, 0.4) is 0 Å². The Balaban J connectivity index is 1.98. The smallest absolute Gasteiger partial charge is 0.195 e. The van der Waals surface area contributed by atoms with E-state index in [1.165, 1.54) is 16.5 Å². The van der Waals surface area contributed by atoms with Crippen LogP contribution in [-0.4, -0.2) is 4.98 Å². The summed E-state index contributed by atoms with van der Waals surface area (Å²) in [6.07, 6.45) is 3.13. The van der Waals surface area contributed by atoms with Gasteiger partial charge in [-0.1, -0.05) is 90.1 Å². The molecule has 0 aliphatic rings. The second kappa shape index (κ2) is 8.03. The number of aromatic nitrogens is 1. The highest BCUT2D eigenvalue weighted by atomic mass is 16.5. The molecule has 3 rings (SSSR count). The molecule has 3 aromatic rings. The molecule has 0 saturated heterocycles. The lowest BCUT2D eigenvalue weighted by atomic mass is 9.86. The fraction of sp³-hybridized carbons (Fsp3) is 0.462. The molecule has 0 spiro atoms. The van der Waals surface area contributed by atoms with E-state index in [4.69, 9.17) is 4.74 Å². The van der Waals surface area contributed by atoms with Gasteiger partial charge in [0.15, 0.2) is 5.88 Å². The van der Waals surface area contributed by atoms with Gasteiger partial charge in [-0.05, 0) is 41.7 Å². The number of hydrogen-bond donors (Lipinski definition) is 1. The van der Waals surface area contributed by atoms with Crippen LogP contribution in [0.1, 0.15) is 71.6 Å². The lowest BCUT2D eigenvalue weighted by Crippen LogP contribution is -2.17. The second-order valence-corrected chi connectivity index (χ2v) is 10.3. The number of fused-ring (bicyclic) bond motifs is 1. The monoisotopic (exact) mass is 377 g/mol. The quantitative estimate of drug-likeness (QED) is 0.467. The number of benzene rings is 2. The molecule has 0 aliphatic carbocycles. The molecule has 0 saturated carbocycles. The number of aromatic amines is 1. The van der Waals surface area contributed by atoms with Crippen molar-refractivity contribution in [2.45, 2.75) is 66.9 Å². The number of ether oxygens (including phenoxy) is 1. The Morgan fingerprint density at radius 1 is 0.821 bits per heavy atom. The fourth-order valence-electron chi connectivity index (χ4n) is 3.62. The van der Waals surface area contributed by atoms with Crippen molar-refractivity contribution in [1.29, 1.82) is 0 Å². The molecule has 1 heterocycles. The third-order valence-electron chi connectivity index (χ3n) is 5.13. The number of H-pyrrole nitrogens is 1. The van der Waals surface area contributed by atoms with Gasteiger partial charge in [0.05, 0.1) is 0 Å². The van der Waals surface area contributed by atoms with E-state index >= 15 is 0 Å². The Bertz CT molecular complexity index is 894. The topological polar surface area (TPSA) is 25.0 Å². The molecule has 0 amide bonds. The van der Waals surface area contributed by atoms with Crippen molar-refractivity contribution in [3.63, 3.8) is 0 Å². The number of aryl methyl sites for hydroxylation is 1. The van der Waals surface area contributed by atoms with Gasteiger partial charge >= 0.3 is 0 Å². The minimum Gasteiger partial charge on any atom is -0.471 e. The standard InChI is InChI=1S/C26H35NO/c1-25(2,3)17-16-21-20-14-10-11-15-22(20)27-24(21)28-23(18-26(4,5)6)19-12-8-7-9-13-19/h7-15,23,27H,16-18H2,1-6H3. The van der Waals surface area contributed by atoms with Crippen molar-refractivity contribution in [2.24, 2.45) is 10.8 Å². The molecular formula is C26H35NO. The van der Waals surface area contributed by atoms with Crippen LogP contribution >= 0.6 is 0 Å². The van der Waals surface area contributed by atoms with Gasteiger partial charge in [-0.15, -0.1) is 0 Å². The third kappa shape index (κ3) is 5.41. The van der Waals surface area contributed by atoms with Crippen molar-refractivity contribution < 1.29 is 4.74 Å². The molecule has 0 fully saturated rings. The van der Waals surface area contributed by atoms with Crippen LogP contribution in [0.4, 0.5) is 0 Å². The number of hydrogen-bond acceptors (Lipinski definition) is 1. The van der Waals surface area contributed by atoms with Gasteiger partial charge in [-0.25, -0.2) is 0 Å². The maximum absolute atomic E-state index is 6.70. The number of nitrogens with one attached hydrogen (secondary N) is 1. The van der Waals surface area contributed by atoms with E-state index in [0.717, 1.165) is 30.7 Å². The molecule has 0 radical (unpaired) electrons. The van der Waals surface area contributed by atoms with Crippen molar-refractivity contribution in [2.75, 3.05) is 0 Å². The predicted octanol–water partition coefficient (Wildman–Crippen LogP) is 7.70. The molecule has 1 N–H and O–H groups in total. The first-order valence-electron chi connectivity index (χ1n) is 10.4. The van der Waals surface area contributed by atoms with Crippen LogP contribution in [0.2, 0.25) is 0 Å². The van der Waals surface area contributed by atoms with Gasteiger partial charge in [0.25, 0.3) is 0 Å². The van der Waals surface area contributed by atoms with Crippen LogP contribution < -0.4 is 4.74 Å². The average Bonchev–Trinajstić information content (AvgIpc) is 2.95. The van der Waals surface area contributed by atoms with Gasteiger partial charge in [-0.2, -0.15) is 0 Å². The first kappa shape index (κ1) is 20.5. The Labute approximate surface area is 170 Å². The molecule has 2 heteroatoms. The molecule has 1 unspecified atom stereocenters. The van der Waals surface area contributed by atoms with Crippen molar-refractivity contribution in [1.82, 2.24) is 4.98 Å². The summed E-state index contributed by atoms with van der Waals surface area (Å²) in [6.45, 7) is 13.7. The maximum Gasteiger partial charge on any atom is 0.195 e. The van der Waals surface area contributed by atoms with Crippen molar-refractivity contribution >= 4 is 10.9 Å². The molecule has 150 valence electrons. The van der Waals surface area contributed by atoms with Gasteiger partial charge in [0.1, 0.15) is 6.10 Å². The normalized spacial score (nSPS) is 13.6. The molecular weight excluding hydrogens is 342 g/mol. The minimum atomic E-state index is 0.0302. The molecule has 0 aliphatic heterocycles. The number of rotatable bonds is 6. The van der Waals surface area contributed by atoms with Crippen molar-refractivity contribution in [3.05, 3.63) is 65.7 Å². The summed E-state index contributed by atoms with van der Waals surface area (Å²) in [6, 6.07) is 19.2. The van der Waals surface area contributed by atoms with Gasteiger partial charge < -0.3 is 9.72 Å². The zero-order valence-corrected chi connectivity index (χ0v) is 18.3. The van der Waals surface area contributed by atoms with E-state index in [-0.39, 0.29) is 11.5 Å². The summed E-state index contributed by atoms with van der Waals surface area (Å²) in [4.78, 5) is 3.56. The van der Waals surface area contributed by atoms with E-state index in [9.17, 15) is 0 Å². The Kier molecular flexibility index (Phi) is 5.88. The lowest BCUT2D eigenvalue weighted by molar-refractivity contribution is 0.139. The Morgan fingerprint density at radius 3 is 2.11 bits per heavy atom. The molecule has 1 aromatic heterocycles. The van der Waals surface area contributed by atoms with Crippen LogP contribution in [0.25, 0.3) is 10.9 Å². The predicted molar refractivity (Wildman–Crippen MR) is 120 cm³/mol. The van der Waals surface area contributed by atoms with Crippen LogP contribution in [-0.2, 0) is 6.42 Å². The first-order valence-corrected chi connectivity index (χ1v) is 10.4. The largest absolute Gasteiger partial charge is 0.471 e. The van der Waals surface area contributed by atoms with E-state index in [1.54, 1.807) is 0 Å². The molecule has 2 aromatic carbocycles. The molecule has 2 nitrogen and oxygen atoms in total. The van der Waals surface area contributed by atoms with Crippen LogP contribution in [0.5, 0.6) is 5.88 Å². The maximum atomic E-state index is 6.70. The summed E-state index contributed by atoms with van der Waals surface area (Å²) in [7, 11) is 0. The zero-order chi connectivity index (χ0) is 20.4. The highest BCUT2D eigenvalue weighted by Gasteiger charge is 2.25. The zero-order valence-electron chi connectivity index (χ0n) is 18.3. The summed E-state index contributed by atoms with van der Waals surface area (Å²) < 4.78 is 6.70. The number of para-hydroxylation sites is 1. The SMILES string of the molecule is CC(C)(C)CCc1c(OC(CC(C)(C)C)c2ccccc2)[nH]c2ccccc12. The summed E-state index contributed by atoms with van der Waals surface area (Å²) in [5.41, 5.74) is 4.17. The summed E-state index contributed by atoms with van der Waals surface area (Å²) >= 11 is 0. The van der Waals surface area contributed by atoms with Gasteiger partial charge in [0, 0.05) is 16.5 Å². The Morgan fingerprint density at radius 2 is 1.46 bits per heavy atom. The summed E-state index contributed by atoms with van der Waals surface area (Å²) in [5, 5.41) is 1.28. The average molecular weight is 378 g/mol. The van der Waals surface area contributed by atoms with E-state index in [2.05, 4.69) is 101 Å². The van der Waals surface area contributed by atoms with Crippen LogP contribution in [0.15, 0.2) is 54.6 Å². The van der Waals surface area contributed by atoms with Gasteiger partial charge in [0.2, 0.25) is 0 Å².